The van der Waals surface area contributed by atoms with Crippen LogP contribution in [0, 0.1) is 0 Å². The quantitative estimate of drug-likeness (QED) is 0.0543. The van der Waals surface area contributed by atoms with Crippen LogP contribution in [0.5, 0.6) is 0 Å². The summed E-state index contributed by atoms with van der Waals surface area (Å²) >= 11 is 0. The zero-order chi connectivity index (χ0) is 30.7. The van der Waals surface area contributed by atoms with Gasteiger partial charge in [0.05, 0.1) is 39.4 Å². The zero-order valence-corrected chi connectivity index (χ0v) is 23.6. The van der Waals surface area contributed by atoms with Crippen LogP contribution in [-0.2, 0) is 48.5 Å². The van der Waals surface area contributed by atoms with E-state index in [1.54, 1.807) is 0 Å². The number of nitrogens with two attached hydrogens (primary N) is 1. The molecule has 3 unspecified atom stereocenters. The minimum Gasteiger partial charge on any atom is -0.345 e. The molecule has 0 aromatic heterocycles. The normalized spacial score (nSPS) is 13.0. The SMILES string of the molecule is COON(CCCC(C=O)NC(=O)C(CCCN(O)C(C)=O)NC(=O)C(N)CCCN(OOC)C(C)=O)C(C)=O. The molecule has 0 bridgehead atoms. The van der Waals surface area contributed by atoms with Crippen LogP contribution < -0.4 is 16.4 Å². The van der Waals surface area contributed by atoms with Crippen LogP contribution in [-0.4, -0.2) is 108 Å². The number of hydroxylamine groups is 6. The third-order valence-corrected chi connectivity index (χ3v) is 5.47. The van der Waals surface area contributed by atoms with Gasteiger partial charge in [0.15, 0.2) is 0 Å². The van der Waals surface area contributed by atoms with Gasteiger partial charge in [-0.1, -0.05) is 0 Å². The van der Waals surface area contributed by atoms with E-state index in [2.05, 4.69) is 20.4 Å². The molecule has 5 N–H and O–H groups in total. The standard InChI is InChI=1S/C23H42N6O11/c1-16(31)27(36)12-8-11-21(26-22(34)20(24)10-7-14-29(18(3)33)40-38-5)23(35)25-19(15-30)9-6-13-28(17(2)32)39-37-4/h15,19-21,36H,6-14,24H2,1-5H3,(H,25,35)(H,26,34). The highest BCUT2D eigenvalue weighted by Gasteiger charge is 2.26. The van der Waals surface area contributed by atoms with Gasteiger partial charge in [-0.15, -0.1) is 9.98 Å². The fourth-order valence-electron chi connectivity index (χ4n) is 3.32. The molecule has 230 valence electrons. The van der Waals surface area contributed by atoms with Crippen molar-refractivity contribution in [1.29, 1.82) is 0 Å². The summed E-state index contributed by atoms with van der Waals surface area (Å²) < 4.78 is 0. The minimum atomic E-state index is -1.14. The van der Waals surface area contributed by atoms with Crippen LogP contribution in [0.2, 0.25) is 0 Å². The van der Waals surface area contributed by atoms with Gasteiger partial charge in [0.25, 0.3) is 0 Å². The van der Waals surface area contributed by atoms with Crippen molar-refractivity contribution in [2.45, 2.75) is 77.4 Å². The molecule has 0 rings (SSSR count). The number of nitrogens with one attached hydrogen (secondary N) is 2. The first-order valence-corrected chi connectivity index (χ1v) is 12.6. The van der Waals surface area contributed by atoms with Crippen molar-refractivity contribution in [3.8, 4) is 0 Å². The zero-order valence-electron chi connectivity index (χ0n) is 23.6. The van der Waals surface area contributed by atoms with Gasteiger partial charge < -0.3 is 21.2 Å². The van der Waals surface area contributed by atoms with Gasteiger partial charge >= 0.3 is 0 Å². The summed E-state index contributed by atoms with van der Waals surface area (Å²) in [5.74, 6) is -2.77. The lowest BCUT2D eigenvalue weighted by molar-refractivity contribution is -0.396. The summed E-state index contributed by atoms with van der Waals surface area (Å²) in [5.41, 5.74) is 5.97. The fraction of sp³-hybridized carbons (Fsp3) is 0.739. The second-order valence-corrected chi connectivity index (χ2v) is 8.71. The molecule has 0 aromatic rings. The van der Waals surface area contributed by atoms with E-state index in [-0.39, 0.29) is 58.2 Å². The summed E-state index contributed by atoms with van der Waals surface area (Å²) in [6.45, 7) is 3.79. The molecule has 0 saturated carbocycles. The monoisotopic (exact) mass is 578 g/mol. The van der Waals surface area contributed by atoms with Crippen molar-refractivity contribution in [1.82, 2.24) is 25.8 Å². The number of hydrogen-bond acceptors (Lipinski definition) is 12. The molecule has 0 fully saturated rings. The van der Waals surface area contributed by atoms with Crippen molar-refractivity contribution in [2.75, 3.05) is 33.9 Å². The Morgan fingerprint density at radius 1 is 0.775 bits per heavy atom. The van der Waals surface area contributed by atoms with E-state index in [4.69, 9.17) is 15.7 Å². The van der Waals surface area contributed by atoms with Gasteiger partial charge in [-0.25, -0.2) is 14.8 Å². The first-order valence-electron chi connectivity index (χ1n) is 12.6. The molecule has 0 aromatic carbocycles. The Morgan fingerprint density at radius 2 is 1.27 bits per heavy atom. The highest BCUT2D eigenvalue weighted by Crippen LogP contribution is 2.06. The molecule has 40 heavy (non-hydrogen) atoms. The predicted octanol–water partition coefficient (Wildman–Crippen LogP) is -1.26. The smallest absolute Gasteiger partial charge is 0.245 e. The van der Waals surface area contributed by atoms with E-state index in [0.717, 1.165) is 17.1 Å². The largest absolute Gasteiger partial charge is 0.345 e. The van der Waals surface area contributed by atoms with Gasteiger partial charge in [0, 0.05) is 27.3 Å². The van der Waals surface area contributed by atoms with Gasteiger partial charge in [-0.3, -0.25) is 29.2 Å². The van der Waals surface area contributed by atoms with E-state index < -0.39 is 47.7 Å². The number of rotatable bonds is 21. The van der Waals surface area contributed by atoms with Gasteiger partial charge in [0.2, 0.25) is 29.5 Å². The maximum atomic E-state index is 13.0. The number of amides is 5. The number of carbonyl (C=O) groups is 6. The molecule has 0 heterocycles. The Bertz CT molecular complexity index is 831. The highest BCUT2D eigenvalue weighted by atomic mass is 17.3. The molecule has 0 radical (unpaired) electrons. The Kier molecular flexibility index (Phi) is 19.0. The summed E-state index contributed by atoms with van der Waals surface area (Å²) in [6.07, 6.45) is 1.52. The number of hydrogen-bond donors (Lipinski definition) is 4. The molecule has 17 heteroatoms. The topological polar surface area (TPSA) is 219 Å². The van der Waals surface area contributed by atoms with Crippen LogP contribution >= 0.6 is 0 Å². The highest BCUT2D eigenvalue weighted by molar-refractivity contribution is 5.90. The van der Waals surface area contributed by atoms with Gasteiger partial charge in [-0.05, 0) is 38.5 Å². The van der Waals surface area contributed by atoms with Gasteiger partial charge in [0.1, 0.15) is 12.3 Å². The lowest BCUT2D eigenvalue weighted by Crippen LogP contribution is -2.53. The minimum absolute atomic E-state index is 0.0137. The van der Waals surface area contributed by atoms with Crippen molar-refractivity contribution in [3.05, 3.63) is 0 Å². The van der Waals surface area contributed by atoms with Crippen molar-refractivity contribution < 1.29 is 53.7 Å². The van der Waals surface area contributed by atoms with Gasteiger partial charge in [-0.2, -0.15) is 10.1 Å². The van der Waals surface area contributed by atoms with Crippen LogP contribution in [0.3, 0.4) is 0 Å². The molecule has 0 spiro atoms. The van der Waals surface area contributed by atoms with Crippen molar-refractivity contribution in [3.63, 3.8) is 0 Å². The summed E-state index contributed by atoms with van der Waals surface area (Å²) in [6, 6.07) is -3.13. The van der Waals surface area contributed by atoms with Crippen LogP contribution in [0.25, 0.3) is 0 Å². The third-order valence-electron chi connectivity index (χ3n) is 5.47. The average molecular weight is 579 g/mol. The maximum Gasteiger partial charge on any atom is 0.245 e. The molecule has 5 amide bonds. The summed E-state index contributed by atoms with van der Waals surface area (Å²) in [4.78, 5) is 89.9. The fourth-order valence-corrected chi connectivity index (χ4v) is 3.32. The Balaban J connectivity index is 5.19. The average Bonchev–Trinajstić information content (AvgIpc) is 2.89. The number of nitrogens with zero attached hydrogens (tertiary/aromatic N) is 3. The predicted molar refractivity (Wildman–Crippen MR) is 136 cm³/mol. The molecule has 0 aliphatic heterocycles. The summed E-state index contributed by atoms with van der Waals surface area (Å²) in [5, 5.41) is 17.1. The molecular weight excluding hydrogens is 536 g/mol. The lowest BCUT2D eigenvalue weighted by atomic mass is 10.1. The Morgan fingerprint density at radius 3 is 1.73 bits per heavy atom. The van der Waals surface area contributed by atoms with Crippen LogP contribution in [0.15, 0.2) is 0 Å². The first kappa shape index (κ1) is 36.8. The summed E-state index contributed by atoms with van der Waals surface area (Å²) in [7, 11) is 2.46. The van der Waals surface area contributed by atoms with Crippen LogP contribution in [0.4, 0.5) is 0 Å². The maximum absolute atomic E-state index is 13.0. The molecule has 17 nitrogen and oxygen atoms in total. The lowest BCUT2D eigenvalue weighted by Gasteiger charge is -2.24. The Labute approximate surface area is 232 Å². The van der Waals surface area contributed by atoms with E-state index in [1.165, 1.54) is 28.1 Å². The Hall–Kier alpha value is -3.22. The van der Waals surface area contributed by atoms with E-state index in [0.29, 0.717) is 11.3 Å². The second kappa shape index (κ2) is 20.7. The molecule has 3 atom stereocenters. The van der Waals surface area contributed by atoms with E-state index >= 15 is 0 Å². The second-order valence-electron chi connectivity index (χ2n) is 8.71. The molecule has 0 aliphatic rings. The van der Waals surface area contributed by atoms with E-state index in [1.807, 2.05) is 0 Å². The molecule has 0 saturated heterocycles. The molecule has 0 aliphatic carbocycles. The van der Waals surface area contributed by atoms with Crippen molar-refractivity contribution in [2.24, 2.45) is 5.73 Å². The third kappa shape index (κ3) is 15.4. The number of carbonyl (C=O) groups excluding carboxylic acids is 6. The van der Waals surface area contributed by atoms with E-state index in [9.17, 15) is 34.0 Å². The van der Waals surface area contributed by atoms with Crippen molar-refractivity contribution >= 4 is 35.8 Å². The van der Waals surface area contributed by atoms with Crippen LogP contribution in [0.1, 0.15) is 59.3 Å². The molecular formula is C23H42N6O11. The number of aldehydes is 1. The first-order chi connectivity index (χ1) is 18.9.